The number of ether oxygens (including phenoxy) is 1. The Labute approximate surface area is 79.8 Å². The normalized spacial score (nSPS) is 24.5. The van der Waals surface area contributed by atoms with Gasteiger partial charge in [0, 0.05) is 6.54 Å². The first kappa shape index (κ1) is 10.5. The van der Waals surface area contributed by atoms with Gasteiger partial charge in [-0.25, -0.2) is 0 Å². The summed E-state index contributed by atoms with van der Waals surface area (Å²) >= 11 is 0. The minimum absolute atomic E-state index is 0.0306. The summed E-state index contributed by atoms with van der Waals surface area (Å²) in [6.07, 6.45) is 4.59. The molecule has 0 spiro atoms. The second-order valence-corrected chi connectivity index (χ2v) is 3.50. The molecule has 1 unspecified atom stereocenters. The zero-order valence-electron chi connectivity index (χ0n) is 8.34. The molecule has 1 atom stereocenters. The molecule has 0 amide bonds. The lowest BCUT2D eigenvalue weighted by Crippen LogP contribution is -2.32. The zero-order valence-corrected chi connectivity index (χ0v) is 8.34. The van der Waals surface area contributed by atoms with Gasteiger partial charge in [0.2, 0.25) is 0 Å². The number of hydrogen-bond acceptors (Lipinski definition) is 3. The van der Waals surface area contributed by atoms with Gasteiger partial charge < -0.3 is 10.1 Å². The van der Waals surface area contributed by atoms with E-state index in [0.717, 1.165) is 25.9 Å². The van der Waals surface area contributed by atoms with E-state index in [-0.39, 0.29) is 11.9 Å². The van der Waals surface area contributed by atoms with Crippen molar-refractivity contribution >= 4 is 5.97 Å². The zero-order chi connectivity index (χ0) is 9.52. The number of carbonyl (C=O) groups excluding carboxylic acids is 1. The summed E-state index contributed by atoms with van der Waals surface area (Å²) in [6, 6.07) is 0. The SMILES string of the molecule is CCOC(=O)C1CCCCCNC1. The van der Waals surface area contributed by atoms with E-state index in [4.69, 9.17) is 4.74 Å². The second-order valence-electron chi connectivity index (χ2n) is 3.50. The van der Waals surface area contributed by atoms with E-state index in [1.165, 1.54) is 12.8 Å². The van der Waals surface area contributed by atoms with Crippen LogP contribution in [-0.2, 0) is 9.53 Å². The quantitative estimate of drug-likeness (QED) is 0.660. The van der Waals surface area contributed by atoms with Crippen LogP contribution in [0.1, 0.15) is 32.6 Å². The van der Waals surface area contributed by atoms with Crippen molar-refractivity contribution in [3.8, 4) is 0 Å². The third kappa shape index (κ3) is 3.77. The summed E-state index contributed by atoms with van der Waals surface area (Å²) in [4.78, 5) is 11.4. The van der Waals surface area contributed by atoms with Crippen molar-refractivity contribution < 1.29 is 9.53 Å². The maximum absolute atomic E-state index is 11.4. The molecule has 3 nitrogen and oxygen atoms in total. The fraction of sp³-hybridized carbons (Fsp3) is 0.900. The molecule has 0 aromatic heterocycles. The molecular formula is C10H19NO2. The molecule has 76 valence electrons. The number of nitrogens with one attached hydrogen (secondary N) is 1. The molecule has 1 saturated heterocycles. The van der Waals surface area contributed by atoms with Crippen LogP contribution in [-0.4, -0.2) is 25.7 Å². The Morgan fingerprint density at radius 1 is 1.46 bits per heavy atom. The van der Waals surface area contributed by atoms with Gasteiger partial charge in [0.05, 0.1) is 12.5 Å². The van der Waals surface area contributed by atoms with Crippen molar-refractivity contribution in [2.24, 2.45) is 5.92 Å². The highest BCUT2D eigenvalue weighted by molar-refractivity contribution is 5.72. The Hall–Kier alpha value is -0.570. The molecule has 1 rings (SSSR count). The molecule has 1 heterocycles. The van der Waals surface area contributed by atoms with Crippen LogP contribution in [0.2, 0.25) is 0 Å². The van der Waals surface area contributed by atoms with E-state index in [2.05, 4.69) is 5.32 Å². The number of hydrogen-bond donors (Lipinski definition) is 1. The molecular weight excluding hydrogens is 166 g/mol. The molecule has 0 aromatic carbocycles. The van der Waals surface area contributed by atoms with Crippen molar-refractivity contribution in [1.82, 2.24) is 5.32 Å². The Bertz CT molecular complexity index is 151. The van der Waals surface area contributed by atoms with Crippen LogP contribution in [0.3, 0.4) is 0 Å². The molecule has 1 N–H and O–H groups in total. The van der Waals surface area contributed by atoms with Gasteiger partial charge in [-0.2, -0.15) is 0 Å². The van der Waals surface area contributed by atoms with Crippen molar-refractivity contribution in [1.29, 1.82) is 0 Å². The summed E-state index contributed by atoms with van der Waals surface area (Å²) in [6.45, 7) is 4.18. The third-order valence-corrected chi connectivity index (χ3v) is 2.42. The van der Waals surface area contributed by atoms with Crippen molar-refractivity contribution in [2.45, 2.75) is 32.6 Å². The Kier molecular flexibility index (Phi) is 4.83. The predicted octanol–water partition coefficient (Wildman–Crippen LogP) is 1.33. The fourth-order valence-electron chi connectivity index (χ4n) is 1.66. The number of carbonyl (C=O) groups is 1. The second kappa shape index (κ2) is 5.97. The van der Waals surface area contributed by atoms with E-state index in [9.17, 15) is 4.79 Å². The average molecular weight is 185 g/mol. The molecule has 13 heavy (non-hydrogen) atoms. The van der Waals surface area contributed by atoms with Crippen molar-refractivity contribution in [2.75, 3.05) is 19.7 Å². The van der Waals surface area contributed by atoms with Gasteiger partial charge in [0.15, 0.2) is 0 Å². The van der Waals surface area contributed by atoms with Gasteiger partial charge in [-0.05, 0) is 26.3 Å². The Morgan fingerprint density at radius 3 is 3.08 bits per heavy atom. The third-order valence-electron chi connectivity index (χ3n) is 2.42. The van der Waals surface area contributed by atoms with E-state index >= 15 is 0 Å². The van der Waals surface area contributed by atoms with Crippen LogP contribution in [0.4, 0.5) is 0 Å². The maximum Gasteiger partial charge on any atom is 0.310 e. The molecule has 0 bridgehead atoms. The van der Waals surface area contributed by atoms with E-state index in [0.29, 0.717) is 6.61 Å². The van der Waals surface area contributed by atoms with Crippen LogP contribution in [0.15, 0.2) is 0 Å². The lowest BCUT2D eigenvalue weighted by molar-refractivity contribution is -0.148. The molecule has 1 aliphatic heterocycles. The van der Waals surface area contributed by atoms with Gasteiger partial charge in [0.1, 0.15) is 0 Å². The van der Waals surface area contributed by atoms with Gasteiger partial charge in [-0.3, -0.25) is 4.79 Å². The first-order valence-corrected chi connectivity index (χ1v) is 5.22. The lowest BCUT2D eigenvalue weighted by Gasteiger charge is -2.18. The standard InChI is InChI=1S/C10H19NO2/c1-2-13-10(12)9-6-4-3-5-7-11-8-9/h9,11H,2-8H2,1H3. The monoisotopic (exact) mass is 185 g/mol. The number of rotatable bonds is 2. The molecule has 1 fully saturated rings. The minimum atomic E-state index is -0.0306. The van der Waals surface area contributed by atoms with Crippen molar-refractivity contribution in [3.05, 3.63) is 0 Å². The topological polar surface area (TPSA) is 38.3 Å². The van der Waals surface area contributed by atoms with Crippen LogP contribution in [0, 0.1) is 5.92 Å². The summed E-state index contributed by atoms with van der Waals surface area (Å²) in [5.74, 6) is 0.0529. The molecule has 0 saturated carbocycles. The van der Waals surface area contributed by atoms with Crippen molar-refractivity contribution in [3.63, 3.8) is 0 Å². The van der Waals surface area contributed by atoms with Crippen LogP contribution in [0.25, 0.3) is 0 Å². The van der Waals surface area contributed by atoms with E-state index in [1.54, 1.807) is 0 Å². The number of esters is 1. The summed E-state index contributed by atoms with van der Waals surface area (Å²) in [5, 5.41) is 3.28. The molecule has 0 aliphatic carbocycles. The van der Waals surface area contributed by atoms with Gasteiger partial charge in [-0.1, -0.05) is 12.8 Å². The highest BCUT2D eigenvalue weighted by Crippen LogP contribution is 2.13. The largest absolute Gasteiger partial charge is 0.466 e. The Morgan fingerprint density at radius 2 is 2.31 bits per heavy atom. The first-order chi connectivity index (χ1) is 6.34. The Balaban J connectivity index is 2.32. The van der Waals surface area contributed by atoms with E-state index in [1.807, 2.05) is 6.92 Å². The summed E-state index contributed by atoms with van der Waals surface area (Å²) < 4.78 is 5.00. The minimum Gasteiger partial charge on any atom is -0.466 e. The average Bonchev–Trinajstić information content (AvgIpc) is 2.03. The van der Waals surface area contributed by atoms with Crippen LogP contribution in [0.5, 0.6) is 0 Å². The first-order valence-electron chi connectivity index (χ1n) is 5.22. The summed E-state index contributed by atoms with van der Waals surface area (Å²) in [7, 11) is 0. The summed E-state index contributed by atoms with van der Waals surface area (Å²) in [5.41, 5.74) is 0. The maximum atomic E-state index is 11.4. The lowest BCUT2D eigenvalue weighted by atomic mass is 9.99. The fourth-order valence-corrected chi connectivity index (χ4v) is 1.66. The highest BCUT2D eigenvalue weighted by Gasteiger charge is 2.19. The highest BCUT2D eigenvalue weighted by atomic mass is 16.5. The predicted molar refractivity (Wildman–Crippen MR) is 51.5 cm³/mol. The molecule has 0 radical (unpaired) electrons. The smallest absolute Gasteiger partial charge is 0.310 e. The molecule has 1 aliphatic rings. The van der Waals surface area contributed by atoms with Crippen LogP contribution >= 0.6 is 0 Å². The van der Waals surface area contributed by atoms with Gasteiger partial charge >= 0.3 is 5.97 Å². The molecule has 0 aromatic rings. The van der Waals surface area contributed by atoms with Gasteiger partial charge in [-0.15, -0.1) is 0 Å². The van der Waals surface area contributed by atoms with Gasteiger partial charge in [0.25, 0.3) is 0 Å². The molecule has 3 heteroatoms. The van der Waals surface area contributed by atoms with Crippen LogP contribution < -0.4 is 5.32 Å². The van der Waals surface area contributed by atoms with E-state index < -0.39 is 0 Å².